The maximum atomic E-state index is 5.19. The van der Waals surface area contributed by atoms with Crippen LogP contribution in [-0.2, 0) is 0 Å². The van der Waals surface area contributed by atoms with Gasteiger partial charge in [-0.2, -0.15) is 11.8 Å². The minimum Gasteiger partial charge on any atom is -0.472 e. The molecule has 1 N–H and O–H groups in total. The molecule has 1 saturated heterocycles. The van der Waals surface area contributed by atoms with Crippen LogP contribution >= 0.6 is 11.8 Å². The second-order valence-electron chi connectivity index (χ2n) is 4.11. The van der Waals surface area contributed by atoms with Gasteiger partial charge in [0, 0.05) is 11.6 Å². The predicted octanol–water partition coefficient (Wildman–Crippen LogP) is 3.07. The zero-order valence-electron chi connectivity index (χ0n) is 9.24. The lowest BCUT2D eigenvalue weighted by Crippen LogP contribution is -2.28. The Labute approximate surface area is 95.8 Å². The van der Waals surface area contributed by atoms with Gasteiger partial charge in [0.05, 0.1) is 12.5 Å². The molecule has 84 valence electrons. The third-order valence-corrected chi connectivity index (χ3v) is 4.14. The molecule has 0 bridgehead atoms. The molecule has 1 aromatic rings. The van der Waals surface area contributed by atoms with Gasteiger partial charge >= 0.3 is 0 Å². The van der Waals surface area contributed by atoms with E-state index in [1.807, 2.05) is 6.26 Å². The van der Waals surface area contributed by atoms with Gasteiger partial charge in [0.2, 0.25) is 0 Å². The maximum absolute atomic E-state index is 5.19. The Balaban J connectivity index is 2.01. The lowest BCUT2D eigenvalue weighted by Gasteiger charge is -2.23. The average Bonchev–Trinajstić information content (AvgIpc) is 2.90. The van der Waals surface area contributed by atoms with E-state index in [4.69, 9.17) is 4.42 Å². The van der Waals surface area contributed by atoms with Crippen LogP contribution < -0.4 is 5.32 Å². The van der Waals surface area contributed by atoms with Crippen molar-refractivity contribution in [3.63, 3.8) is 0 Å². The number of nitrogens with one attached hydrogen (secondary N) is 1. The molecular formula is C12H19NOS. The number of furan rings is 1. The van der Waals surface area contributed by atoms with Gasteiger partial charge < -0.3 is 9.73 Å². The summed E-state index contributed by atoms with van der Waals surface area (Å²) in [6.07, 6.45) is 6.18. The van der Waals surface area contributed by atoms with Crippen molar-refractivity contribution in [1.82, 2.24) is 5.32 Å². The van der Waals surface area contributed by atoms with Crippen molar-refractivity contribution in [1.29, 1.82) is 0 Å². The van der Waals surface area contributed by atoms with E-state index in [2.05, 4.69) is 30.1 Å². The van der Waals surface area contributed by atoms with Crippen LogP contribution in [0.5, 0.6) is 0 Å². The summed E-state index contributed by atoms with van der Waals surface area (Å²) < 4.78 is 5.19. The minimum atomic E-state index is 0.499. The molecule has 1 aliphatic rings. The molecule has 0 spiro atoms. The molecule has 2 atom stereocenters. The van der Waals surface area contributed by atoms with E-state index in [0.717, 1.165) is 12.5 Å². The first-order chi connectivity index (χ1) is 7.42. The number of thioether (sulfide) groups is 1. The van der Waals surface area contributed by atoms with Crippen LogP contribution in [0.15, 0.2) is 23.0 Å². The minimum absolute atomic E-state index is 0.499. The zero-order valence-corrected chi connectivity index (χ0v) is 10.1. The predicted molar refractivity (Wildman–Crippen MR) is 65.2 cm³/mol. The molecular weight excluding hydrogens is 206 g/mol. The molecule has 1 fully saturated rings. The highest BCUT2D eigenvalue weighted by molar-refractivity contribution is 7.99. The van der Waals surface area contributed by atoms with E-state index in [0.29, 0.717) is 6.04 Å². The molecule has 0 aromatic carbocycles. The van der Waals surface area contributed by atoms with E-state index in [9.17, 15) is 0 Å². The molecule has 2 nitrogen and oxygen atoms in total. The summed E-state index contributed by atoms with van der Waals surface area (Å²) >= 11 is 2.07. The summed E-state index contributed by atoms with van der Waals surface area (Å²) in [6.45, 7) is 3.31. The van der Waals surface area contributed by atoms with E-state index >= 15 is 0 Å². The molecule has 0 radical (unpaired) electrons. The van der Waals surface area contributed by atoms with Crippen LogP contribution in [0.1, 0.15) is 31.4 Å². The summed E-state index contributed by atoms with van der Waals surface area (Å²) in [7, 11) is 0. The summed E-state index contributed by atoms with van der Waals surface area (Å²) in [4.78, 5) is 0. The summed E-state index contributed by atoms with van der Waals surface area (Å²) in [5.41, 5.74) is 1.32. The molecule has 0 amide bonds. The number of hydrogen-bond donors (Lipinski definition) is 1. The van der Waals surface area contributed by atoms with Gasteiger partial charge in [-0.3, -0.25) is 0 Å². The Bertz CT molecular complexity index is 267. The second kappa shape index (κ2) is 5.61. The molecule has 15 heavy (non-hydrogen) atoms. The SMILES string of the molecule is CCCNC(c1ccoc1)C1CCSC1. The van der Waals surface area contributed by atoms with Crippen LogP contribution in [0.4, 0.5) is 0 Å². The van der Waals surface area contributed by atoms with Crippen molar-refractivity contribution in [2.45, 2.75) is 25.8 Å². The molecule has 2 rings (SSSR count). The molecule has 0 saturated carbocycles. The number of hydrogen-bond acceptors (Lipinski definition) is 3. The van der Waals surface area contributed by atoms with Crippen LogP contribution in [0.25, 0.3) is 0 Å². The van der Waals surface area contributed by atoms with Crippen LogP contribution in [0.3, 0.4) is 0 Å². The monoisotopic (exact) mass is 225 g/mol. The Morgan fingerprint density at radius 3 is 3.20 bits per heavy atom. The van der Waals surface area contributed by atoms with Crippen LogP contribution in [0.2, 0.25) is 0 Å². The normalized spacial score (nSPS) is 23.1. The lowest BCUT2D eigenvalue weighted by atomic mass is 9.94. The van der Waals surface area contributed by atoms with Crippen molar-refractivity contribution in [2.75, 3.05) is 18.1 Å². The lowest BCUT2D eigenvalue weighted by molar-refractivity contribution is 0.390. The van der Waals surface area contributed by atoms with Gasteiger partial charge in [-0.15, -0.1) is 0 Å². The van der Waals surface area contributed by atoms with Gasteiger partial charge in [-0.25, -0.2) is 0 Å². The largest absolute Gasteiger partial charge is 0.472 e. The summed E-state index contributed by atoms with van der Waals surface area (Å²) in [5.74, 6) is 3.37. The van der Waals surface area contributed by atoms with Crippen LogP contribution in [-0.4, -0.2) is 18.1 Å². The molecule has 2 unspecified atom stereocenters. The molecule has 1 aromatic heterocycles. The molecule has 2 heterocycles. The quantitative estimate of drug-likeness (QED) is 0.833. The second-order valence-corrected chi connectivity index (χ2v) is 5.26. The van der Waals surface area contributed by atoms with Gasteiger partial charge in [0.25, 0.3) is 0 Å². The van der Waals surface area contributed by atoms with E-state index < -0.39 is 0 Å². The Hall–Kier alpha value is -0.410. The third-order valence-electron chi connectivity index (χ3n) is 2.95. The van der Waals surface area contributed by atoms with Crippen molar-refractivity contribution >= 4 is 11.8 Å². The fraction of sp³-hybridized carbons (Fsp3) is 0.667. The van der Waals surface area contributed by atoms with Gasteiger partial charge in [0.15, 0.2) is 0 Å². The first-order valence-corrected chi connectivity index (χ1v) is 6.90. The Morgan fingerprint density at radius 1 is 1.67 bits per heavy atom. The van der Waals surface area contributed by atoms with Crippen molar-refractivity contribution in [3.8, 4) is 0 Å². The highest BCUT2D eigenvalue weighted by atomic mass is 32.2. The zero-order chi connectivity index (χ0) is 10.5. The Kier molecular flexibility index (Phi) is 4.15. The molecule has 1 aliphatic heterocycles. The van der Waals surface area contributed by atoms with E-state index in [-0.39, 0.29) is 0 Å². The molecule has 0 aliphatic carbocycles. The van der Waals surface area contributed by atoms with Crippen molar-refractivity contribution < 1.29 is 4.42 Å². The highest BCUT2D eigenvalue weighted by Crippen LogP contribution is 2.34. The first-order valence-electron chi connectivity index (χ1n) is 5.75. The van der Waals surface area contributed by atoms with Crippen molar-refractivity contribution in [3.05, 3.63) is 24.2 Å². The maximum Gasteiger partial charge on any atom is 0.0950 e. The fourth-order valence-corrected chi connectivity index (χ4v) is 3.42. The van der Waals surface area contributed by atoms with E-state index in [1.54, 1.807) is 6.26 Å². The summed E-state index contributed by atoms with van der Waals surface area (Å²) in [5, 5.41) is 3.64. The third kappa shape index (κ3) is 2.79. The number of rotatable bonds is 5. The van der Waals surface area contributed by atoms with E-state index in [1.165, 1.54) is 29.9 Å². The highest BCUT2D eigenvalue weighted by Gasteiger charge is 2.26. The Morgan fingerprint density at radius 2 is 2.60 bits per heavy atom. The van der Waals surface area contributed by atoms with Gasteiger partial charge in [0.1, 0.15) is 0 Å². The standard InChI is InChI=1S/C12H19NOS/c1-2-5-13-12(10-3-6-14-8-10)11-4-7-15-9-11/h3,6,8,11-13H,2,4-5,7,9H2,1H3. The van der Waals surface area contributed by atoms with Gasteiger partial charge in [-0.05, 0) is 42.9 Å². The summed E-state index contributed by atoms with van der Waals surface area (Å²) in [6, 6.07) is 2.59. The molecule has 3 heteroatoms. The average molecular weight is 225 g/mol. The topological polar surface area (TPSA) is 25.2 Å². The van der Waals surface area contributed by atoms with Crippen LogP contribution in [0, 0.1) is 5.92 Å². The first kappa shape index (κ1) is 11.1. The van der Waals surface area contributed by atoms with Crippen molar-refractivity contribution in [2.24, 2.45) is 5.92 Å². The fourth-order valence-electron chi connectivity index (χ4n) is 2.12. The smallest absolute Gasteiger partial charge is 0.0950 e. The van der Waals surface area contributed by atoms with Gasteiger partial charge in [-0.1, -0.05) is 6.92 Å².